The van der Waals surface area contributed by atoms with Crippen LogP contribution in [0.5, 0.6) is 0 Å². The quantitative estimate of drug-likeness (QED) is 0.442. The van der Waals surface area contributed by atoms with Gasteiger partial charge in [-0.2, -0.15) is 5.26 Å². The van der Waals surface area contributed by atoms with E-state index in [1.807, 2.05) is 12.1 Å². The molecule has 1 rings (SSSR count). The van der Waals surface area contributed by atoms with Crippen molar-refractivity contribution in [3.05, 3.63) is 41.5 Å². The van der Waals surface area contributed by atoms with E-state index in [1.165, 1.54) is 36.7 Å². The normalized spacial score (nSPS) is 11.8. The molecule has 0 aliphatic rings. The number of hydrogen-bond donors (Lipinski definition) is 0. The molecule has 1 nitrogen and oxygen atoms in total. The Bertz CT molecular complexity index is 513. The molecule has 0 saturated carbocycles. The van der Waals surface area contributed by atoms with E-state index >= 15 is 0 Å². The van der Waals surface area contributed by atoms with E-state index in [0.29, 0.717) is 12.3 Å². The molecule has 1 atom stereocenters. The summed E-state index contributed by atoms with van der Waals surface area (Å²) in [5, 5.41) is 9.18. The van der Waals surface area contributed by atoms with Gasteiger partial charge in [-0.05, 0) is 29.9 Å². The van der Waals surface area contributed by atoms with Gasteiger partial charge in [0.1, 0.15) is 6.71 Å². The molecule has 0 heterocycles. The van der Waals surface area contributed by atoms with E-state index < -0.39 is 0 Å². The van der Waals surface area contributed by atoms with Crippen molar-refractivity contribution in [2.45, 2.75) is 65.4 Å². The van der Waals surface area contributed by atoms with Crippen LogP contribution < -0.4 is 0 Å². The monoisotopic (exact) mass is 281 g/mol. The summed E-state index contributed by atoms with van der Waals surface area (Å²) in [7, 11) is 0. The van der Waals surface area contributed by atoms with Gasteiger partial charge in [0.05, 0.1) is 11.6 Å². The SMILES string of the molecule is C=C(C#N)c1cccc(C)c1CB(CCC)[C@H](C)CCC. The topological polar surface area (TPSA) is 23.8 Å². The molecule has 0 aromatic heterocycles. The lowest BCUT2D eigenvalue weighted by Gasteiger charge is -2.22. The second-order valence-corrected chi connectivity index (χ2v) is 6.21. The highest BCUT2D eigenvalue weighted by molar-refractivity contribution is 6.59. The largest absolute Gasteiger partial charge is 0.192 e. The molecule has 112 valence electrons. The van der Waals surface area contributed by atoms with Gasteiger partial charge in [-0.3, -0.25) is 0 Å². The first-order chi connectivity index (χ1) is 10.0. The van der Waals surface area contributed by atoms with Gasteiger partial charge in [-0.25, -0.2) is 0 Å². The molecule has 0 aliphatic carbocycles. The summed E-state index contributed by atoms with van der Waals surface area (Å²) in [6.45, 7) is 13.7. The summed E-state index contributed by atoms with van der Waals surface area (Å²) < 4.78 is 0. The predicted octanol–water partition coefficient (Wildman–Crippen LogP) is 5.71. The Labute approximate surface area is 131 Å². The molecule has 0 saturated heterocycles. The highest BCUT2D eigenvalue weighted by Gasteiger charge is 2.22. The van der Waals surface area contributed by atoms with Gasteiger partial charge in [0, 0.05) is 0 Å². The Kier molecular flexibility index (Phi) is 7.30. The molecule has 1 aromatic carbocycles. The minimum absolute atomic E-state index is 0.590. The maximum absolute atomic E-state index is 9.18. The van der Waals surface area contributed by atoms with Crippen LogP contribution in [0.3, 0.4) is 0 Å². The average molecular weight is 281 g/mol. The summed E-state index contributed by atoms with van der Waals surface area (Å²) in [4.78, 5) is 0. The van der Waals surface area contributed by atoms with Crippen molar-refractivity contribution in [1.82, 2.24) is 0 Å². The van der Waals surface area contributed by atoms with E-state index in [1.54, 1.807) is 0 Å². The van der Waals surface area contributed by atoms with Crippen molar-refractivity contribution in [2.75, 3.05) is 0 Å². The van der Waals surface area contributed by atoms with E-state index in [0.717, 1.165) is 17.7 Å². The number of benzene rings is 1. The fourth-order valence-electron chi connectivity index (χ4n) is 3.23. The van der Waals surface area contributed by atoms with Gasteiger partial charge in [0.15, 0.2) is 0 Å². The number of hydrogen-bond acceptors (Lipinski definition) is 1. The first kappa shape index (κ1) is 17.6. The summed E-state index contributed by atoms with van der Waals surface area (Å²) in [5.74, 6) is 0.734. The minimum Gasteiger partial charge on any atom is -0.192 e. The van der Waals surface area contributed by atoms with Crippen molar-refractivity contribution in [2.24, 2.45) is 0 Å². The zero-order chi connectivity index (χ0) is 15.8. The van der Waals surface area contributed by atoms with E-state index in [4.69, 9.17) is 0 Å². The van der Waals surface area contributed by atoms with Crippen LogP contribution in [-0.2, 0) is 6.32 Å². The van der Waals surface area contributed by atoms with Crippen LogP contribution >= 0.6 is 0 Å². The Morgan fingerprint density at radius 1 is 1.33 bits per heavy atom. The molecule has 0 unspecified atom stereocenters. The Balaban J connectivity index is 3.08. The van der Waals surface area contributed by atoms with Crippen LogP contribution in [0.2, 0.25) is 12.1 Å². The molecule has 0 bridgehead atoms. The van der Waals surface area contributed by atoms with Crippen molar-refractivity contribution in [3.63, 3.8) is 0 Å². The smallest absolute Gasteiger partial charge is 0.147 e. The van der Waals surface area contributed by atoms with E-state index in [9.17, 15) is 5.26 Å². The number of nitrogens with zero attached hydrogens (tertiary/aromatic N) is 1. The van der Waals surface area contributed by atoms with Crippen molar-refractivity contribution in [3.8, 4) is 6.07 Å². The Hall–Kier alpha value is -1.49. The highest BCUT2D eigenvalue weighted by Crippen LogP contribution is 2.28. The molecule has 0 fully saturated rings. The van der Waals surface area contributed by atoms with Crippen LogP contribution in [0.4, 0.5) is 0 Å². The first-order valence-electron chi connectivity index (χ1n) is 8.22. The number of aryl methyl sites for hydroxylation is 1. The van der Waals surface area contributed by atoms with Gasteiger partial charge < -0.3 is 0 Å². The lowest BCUT2D eigenvalue weighted by atomic mass is 9.35. The van der Waals surface area contributed by atoms with E-state index in [-0.39, 0.29) is 0 Å². The average Bonchev–Trinajstić information content (AvgIpc) is 2.47. The third kappa shape index (κ3) is 4.78. The Morgan fingerprint density at radius 2 is 2.05 bits per heavy atom. The lowest BCUT2D eigenvalue weighted by Crippen LogP contribution is -2.23. The molecular formula is C19H28BN. The van der Waals surface area contributed by atoms with Gasteiger partial charge in [-0.15, -0.1) is 0 Å². The van der Waals surface area contributed by atoms with Crippen LogP contribution in [0.15, 0.2) is 24.8 Å². The maximum atomic E-state index is 9.18. The number of rotatable bonds is 8. The maximum Gasteiger partial charge on any atom is 0.147 e. The molecule has 0 aliphatic heterocycles. The third-order valence-corrected chi connectivity index (χ3v) is 4.54. The predicted molar refractivity (Wildman–Crippen MR) is 94.7 cm³/mol. The second kappa shape index (κ2) is 8.72. The molecule has 1 aromatic rings. The second-order valence-electron chi connectivity index (χ2n) is 6.21. The summed E-state index contributed by atoms with van der Waals surface area (Å²) in [5.41, 5.74) is 4.24. The van der Waals surface area contributed by atoms with Gasteiger partial charge >= 0.3 is 0 Å². The van der Waals surface area contributed by atoms with Gasteiger partial charge in [-0.1, -0.05) is 76.9 Å². The Morgan fingerprint density at radius 3 is 2.62 bits per heavy atom. The zero-order valence-electron chi connectivity index (χ0n) is 14.1. The zero-order valence-corrected chi connectivity index (χ0v) is 14.1. The molecule has 0 N–H and O–H groups in total. The number of allylic oxidation sites excluding steroid dienone is 1. The fraction of sp³-hybridized carbons (Fsp3) is 0.526. The van der Waals surface area contributed by atoms with Crippen LogP contribution in [0, 0.1) is 18.3 Å². The van der Waals surface area contributed by atoms with E-state index in [2.05, 4.69) is 46.4 Å². The highest BCUT2D eigenvalue weighted by atomic mass is 14.2. The third-order valence-electron chi connectivity index (χ3n) is 4.54. The van der Waals surface area contributed by atoms with Crippen molar-refractivity contribution in [1.29, 1.82) is 5.26 Å². The summed E-state index contributed by atoms with van der Waals surface area (Å²) in [6.07, 6.45) is 6.07. The lowest BCUT2D eigenvalue weighted by molar-refractivity contribution is 0.743. The molecule has 21 heavy (non-hydrogen) atoms. The fourth-order valence-corrected chi connectivity index (χ4v) is 3.23. The minimum atomic E-state index is 0.590. The molecule has 2 heteroatoms. The molecule has 0 amide bonds. The molecule has 0 spiro atoms. The summed E-state index contributed by atoms with van der Waals surface area (Å²) in [6, 6.07) is 8.44. The van der Waals surface area contributed by atoms with Gasteiger partial charge in [0.2, 0.25) is 0 Å². The first-order valence-corrected chi connectivity index (χ1v) is 8.22. The standard InChI is InChI=1S/C19H28BN/c1-6-9-17(5)20(12-7-2)13-19-15(3)10-8-11-18(19)16(4)14-21/h8,10-11,17H,4,6-7,9,12-13H2,1-3,5H3/t17-/m1/s1. The molecular weight excluding hydrogens is 253 g/mol. The van der Waals surface area contributed by atoms with Crippen LogP contribution in [0.1, 0.15) is 56.7 Å². The van der Waals surface area contributed by atoms with Crippen LogP contribution in [-0.4, -0.2) is 6.71 Å². The number of nitriles is 1. The van der Waals surface area contributed by atoms with Crippen molar-refractivity contribution >= 4 is 12.3 Å². The molecule has 0 radical (unpaired) electrons. The van der Waals surface area contributed by atoms with Crippen LogP contribution in [0.25, 0.3) is 5.57 Å². The summed E-state index contributed by atoms with van der Waals surface area (Å²) >= 11 is 0. The van der Waals surface area contributed by atoms with Crippen molar-refractivity contribution < 1.29 is 0 Å². The van der Waals surface area contributed by atoms with Gasteiger partial charge in [0.25, 0.3) is 0 Å².